The number of likely N-dealkylation sites (N-methyl/N-ethyl adjacent to an activating group) is 1. The molecule has 1 aromatic carbocycles. The molecule has 26 heavy (non-hydrogen) atoms. The number of halogens is 1. The number of benzene rings is 1. The van der Waals surface area contributed by atoms with Gasteiger partial charge in [-0.05, 0) is 25.2 Å². The van der Waals surface area contributed by atoms with Crippen molar-refractivity contribution < 1.29 is 4.74 Å². The van der Waals surface area contributed by atoms with Gasteiger partial charge in [0.1, 0.15) is 6.61 Å². The Kier molecular flexibility index (Phi) is 5.06. The molecule has 0 bridgehead atoms. The summed E-state index contributed by atoms with van der Waals surface area (Å²) in [4.78, 5) is 9.19. The Labute approximate surface area is 157 Å². The van der Waals surface area contributed by atoms with Crippen LogP contribution in [0.1, 0.15) is 0 Å². The third kappa shape index (κ3) is 3.82. The first-order valence-electron chi connectivity index (χ1n) is 8.83. The zero-order chi connectivity index (χ0) is 17.9. The largest absolute Gasteiger partial charge is 0.475 e. The number of aromatic nitrogens is 3. The molecular weight excluding hydrogens is 350 g/mol. The molecule has 1 aliphatic rings. The fourth-order valence-corrected chi connectivity index (χ4v) is 3.32. The summed E-state index contributed by atoms with van der Waals surface area (Å²) in [6, 6.07) is 11.5. The fourth-order valence-electron chi connectivity index (χ4n) is 3.13. The second-order valence-corrected chi connectivity index (χ2v) is 7.03. The average Bonchev–Trinajstić information content (AvgIpc) is 3.07. The van der Waals surface area contributed by atoms with Crippen LogP contribution in [0.15, 0.2) is 42.6 Å². The van der Waals surface area contributed by atoms with Gasteiger partial charge in [-0.2, -0.15) is 0 Å². The van der Waals surface area contributed by atoms with E-state index in [9.17, 15) is 0 Å². The van der Waals surface area contributed by atoms with Crippen LogP contribution in [0, 0.1) is 0 Å². The van der Waals surface area contributed by atoms with Crippen LogP contribution in [0.4, 0.5) is 0 Å². The lowest BCUT2D eigenvalue weighted by atomic mass is 10.2. The van der Waals surface area contributed by atoms with Crippen molar-refractivity contribution >= 4 is 17.2 Å². The monoisotopic (exact) mass is 371 g/mol. The van der Waals surface area contributed by atoms with Crippen molar-refractivity contribution in [2.75, 3.05) is 46.4 Å². The van der Waals surface area contributed by atoms with Gasteiger partial charge in [-0.15, -0.1) is 5.10 Å². The smallest absolute Gasteiger partial charge is 0.231 e. The van der Waals surface area contributed by atoms with Gasteiger partial charge in [0.05, 0.1) is 11.9 Å². The van der Waals surface area contributed by atoms with Crippen molar-refractivity contribution in [1.82, 2.24) is 24.4 Å². The molecule has 4 rings (SSSR count). The lowest BCUT2D eigenvalue weighted by molar-refractivity contribution is 0.132. The van der Waals surface area contributed by atoms with Crippen LogP contribution in [0.5, 0.6) is 5.88 Å². The third-order valence-electron chi connectivity index (χ3n) is 4.71. The van der Waals surface area contributed by atoms with E-state index >= 15 is 0 Å². The van der Waals surface area contributed by atoms with Gasteiger partial charge < -0.3 is 9.64 Å². The van der Waals surface area contributed by atoms with E-state index in [4.69, 9.17) is 16.3 Å². The number of hydrogen-bond donors (Lipinski definition) is 0. The first-order valence-corrected chi connectivity index (χ1v) is 9.21. The van der Waals surface area contributed by atoms with Crippen LogP contribution in [0.3, 0.4) is 0 Å². The molecule has 3 heterocycles. The number of imidazole rings is 1. The number of fused-ring (bicyclic) bond motifs is 1. The molecule has 0 amide bonds. The van der Waals surface area contributed by atoms with Crippen molar-refractivity contribution in [1.29, 1.82) is 0 Å². The van der Waals surface area contributed by atoms with Crippen LogP contribution in [0.2, 0.25) is 5.02 Å². The molecule has 1 fully saturated rings. The predicted octanol–water partition coefficient (Wildman–Crippen LogP) is 2.68. The van der Waals surface area contributed by atoms with E-state index < -0.39 is 0 Å². The molecule has 1 aliphatic heterocycles. The van der Waals surface area contributed by atoms with E-state index in [1.165, 1.54) is 0 Å². The SMILES string of the molecule is CN1CCN(CCOc2ccc3ncc(-c4cccc(Cl)c4)n3n2)CC1. The summed E-state index contributed by atoms with van der Waals surface area (Å²) in [6.45, 7) is 5.95. The Morgan fingerprint density at radius 3 is 2.77 bits per heavy atom. The number of rotatable bonds is 5. The standard InChI is InChI=1S/C19H22ClN5O/c1-23-7-9-24(10-8-23)11-12-26-19-6-5-18-21-14-17(25(18)22-19)15-3-2-4-16(20)13-15/h2-6,13-14H,7-12H2,1H3. The Bertz CT molecular complexity index is 889. The summed E-state index contributed by atoms with van der Waals surface area (Å²) in [6.07, 6.45) is 1.81. The van der Waals surface area contributed by atoms with Gasteiger partial charge in [0.15, 0.2) is 5.65 Å². The van der Waals surface area contributed by atoms with E-state index in [-0.39, 0.29) is 0 Å². The van der Waals surface area contributed by atoms with Gasteiger partial charge in [-0.1, -0.05) is 23.7 Å². The maximum Gasteiger partial charge on any atom is 0.231 e. The molecule has 0 aliphatic carbocycles. The molecular formula is C19H22ClN5O. The number of nitrogens with zero attached hydrogens (tertiary/aromatic N) is 5. The zero-order valence-corrected chi connectivity index (χ0v) is 15.6. The van der Waals surface area contributed by atoms with Crippen LogP contribution >= 0.6 is 11.6 Å². The highest BCUT2D eigenvalue weighted by Gasteiger charge is 2.14. The Morgan fingerprint density at radius 2 is 1.96 bits per heavy atom. The lowest BCUT2D eigenvalue weighted by Gasteiger charge is -2.32. The van der Waals surface area contributed by atoms with E-state index in [0.717, 1.165) is 49.6 Å². The molecule has 0 spiro atoms. The molecule has 0 saturated carbocycles. The zero-order valence-electron chi connectivity index (χ0n) is 14.8. The molecule has 0 radical (unpaired) electrons. The highest BCUT2D eigenvalue weighted by Crippen LogP contribution is 2.24. The van der Waals surface area contributed by atoms with Gasteiger partial charge in [-0.3, -0.25) is 4.90 Å². The van der Waals surface area contributed by atoms with Crippen LogP contribution in [-0.4, -0.2) is 70.8 Å². The van der Waals surface area contributed by atoms with Crippen molar-refractivity contribution in [2.45, 2.75) is 0 Å². The first kappa shape index (κ1) is 17.3. The van der Waals surface area contributed by atoms with Gasteiger partial charge in [0.2, 0.25) is 5.88 Å². The molecule has 2 aromatic heterocycles. The molecule has 1 saturated heterocycles. The molecule has 0 unspecified atom stereocenters. The van der Waals surface area contributed by atoms with Gasteiger partial charge >= 0.3 is 0 Å². The minimum absolute atomic E-state index is 0.605. The summed E-state index contributed by atoms with van der Waals surface area (Å²) in [7, 11) is 2.16. The number of hydrogen-bond acceptors (Lipinski definition) is 5. The number of piperazine rings is 1. The summed E-state index contributed by atoms with van der Waals surface area (Å²) in [5.74, 6) is 0.605. The average molecular weight is 372 g/mol. The topological polar surface area (TPSA) is 45.9 Å². The second-order valence-electron chi connectivity index (χ2n) is 6.59. The van der Waals surface area contributed by atoms with E-state index in [2.05, 4.69) is 26.9 Å². The Hall–Kier alpha value is -2.15. The first-order chi connectivity index (χ1) is 12.7. The van der Waals surface area contributed by atoms with E-state index in [1.54, 1.807) is 4.52 Å². The quantitative estimate of drug-likeness (QED) is 0.690. The molecule has 136 valence electrons. The van der Waals surface area contributed by atoms with Gasteiger partial charge in [0, 0.05) is 49.4 Å². The maximum atomic E-state index is 6.11. The molecule has 7 heteroatoms. The molecule has 0 atom stereocenters. The third-order valence-corrected chi connectivity index (χ3v) is 4.95. The molecule has 3 aromatic rings. The van der Waals surface area contributed by atoms with Gasteiger partial charge in [0.25, 0.3) is 0 Å². The van der Waals surface area contributed by atoms with Crippen molar-refractivity contribution in [3.05, 3.63) is 47.6 Å². The summed E-state index contributed by atoms with van der Waals surface area (Å²) in [5.41, 5.74) is 2.66. The second kappa shape index (κ2) is 7.61. The summed E-state index contributed by atoms with van der Waals surface area (Å²) >= 11 is 6.11. The Balaban J connectivity index is 1.46. The van der Waals surface area contributed by atoms with E-state index in [0.29, 0.717) is 17.5 Å². The minimum Gasteiger partial charge on any atom is -0.475 e. The highest BCUT2D eigenvalue weighted by atomic mass is 35.5. The van der Waals surface area contributed by atoms with Crippen LogP contribution in [-0.2, 0) is 0 Å². The van der Waals surface area contributed by atoms with Crippen molar-refractivity contribution in [3.63, 3.8) is 0 Å². The maximum absolute atomic E-state index is 6.11. The van der Waals surface area contributed by atoms with Crippen LogP contribution < -0.4 is 4.74 Å². The summed E-state index contributed by atoms with van der Waals surface area (Å²) < 4.78 is 7.69. The molecule has 6 nitrogen and oxygen atoms in total. The highest BCUT2D eigenvalue weighted by molar-refractivity contribution is 6.30. The Morgan fingerprint density at radius 1 is 1.12 bits per heavy atom. The normalized spacial score (nSPS) is 16.2. The molecule has 0 N–H and O–H groups in total. The lowest BCUT2D eigenvalue weighted by Crippen LogP contribution is -2.45. The minimum atomic E-state index is 0.605. The van der Waals surface area contributed by atoms with Crippen molar-refractivity contribution in [2.24, 2.45) is 0 Å². The predicted molar refractivity (Wildman–Crippen MR) is 103 cm³/mol. The fraction of sp³-hybridized carbons (Fsp3) is 0.368. The van der Waals surface area contributed by atoms with Crippen molar-refractivity contribution in [3.8, 4) is 17.1 Å². The van der Waals surface area contributed by atoms with Crippen LogP contribution in [0.25, 0.3) is 16.9 Å². The summed E-state index contributed by atoms with van der Waals surface area (Å²) in [5, 5.41) is 5.29. The van der Waals surface area contributed by atoms with E-state index in [1.807, 2.05) is 42.6 Å². The van der Waals surface area contributed by atoms with Gasteiger partial charge in [-0.25, -0.2) is 9.50 Å². The number of ether oxygens (including phenoxy) is 1.